The van der Waals surface area contributed by atoms with Crippen molar-refractivity contribution in [1.82, 2.24) is 10.0 Å². The zero-order valence-electron chi connectivity index (χ0n) is 14.3. The molecule has 0 fully saturated rings. The molecule has 0 aliphatic heterocycles. The minimum absolute atomic E-state index is 0.321. The van der Waals surface area contributed by atoms with Crippen LogP contribution in [0.2, 0.25) is 0 Å². The number of rotatable bonds is 7. The average molecular weight is 367 g/mol. The second-order valence-corrected chi connectivity index (χ2v) is 8.09. The Bertz CT molecular complexity index is 1160. The van der Waals surface area contributed by atoms with E-state index in [0.29, 0.717) is 31.1 Å². The average Bonchev–Trinajstić information content (AvgIpc) is 2.65. The summed E-state index contributed by atoms with van der Waals surface area (Å²) in [6.45, 7) is 2.06. The topological polar surface area (TPSA) is 84.2 Å². The van der Waals surface area contributed by atoms with E-state index in [2.05, 4.69) is 28.2 Å². The lowest BCUT2D eigenvalue weighted by atomic mass is 9.94. The molecule has 4 aromatic rings. The fourth-order valence-corrected chi connectivity index (χ4v) is 4.75. The molecule has 0 unspecified atom stereocenters. The van der Waals surface area contributed by atoms with Crippen LogP contribution in [0, 0.1) is 0 Å². The maximum absolute atomic E-state index is 12.8. The molecular formula is C20H21N3O2S. The first kappa shape index (κ1) is 17.2. The molecule has 134 valence electrons. The molecule has 0 spiro atoms. The third kappa shape index (κ3) is 2.91. The summed E-state index contributed by atoms with van der Waals surface area (Å²) >= 11 is 0. The molecule has 0 saturated carbocycles. The molecule has 0 amide bonds. The van der Waals surface area contributed by atoms with Crippen molar-refractivity contribution in [1.29, 1.82) is 0 Å². The number of nitrogens with two attached hydrogens (primary N) is 1. The number of sulfonamides is 1. The van der Waals surface area contributed by atoms with E-state index < -0.39 is 10.0 Å². The van der Waals surface area contributed by atoms with Crippen LogP contribution in [0.3, 0.4) is 0 Å². The fourth-order valence-electron chi connectivity index (χ4n) is 3.52. The highest BCUT2D eigenvalue weighted by Gasteiger charge is 2.19. The van der Waals surface area contributed by atoms with Crippen molar-refractivity contribution in [3.05, 3.63) is 54.6 Å². The summed E-state index contributed by atoms with van der Waals surface area (Å²) < 4.78 is 28.4. The zero-order valence-corrected chi connectivity index (χ0v) is 15.1. The summed E-state index contributed by atoms with van der Waals surface area (Å²) in [5, 5.41) is 9.25. The highest BCUT2D eigenvalue weighted by Crippen LogP contribution is 2.37. The van der Waals surface area contributed by atoms with Gasteiger partial charge in [0.15, 0.2) is 0 Å². The summed E-state index contributed by atoms with van der Waals surface area (Å²) in [6.07, 6.45) is 0. The van der Waals surface area contributed by atoms with Gasteiger partial charge in [0.2, 0.25) is 10.0 Å². The standard InChI is InChI=1S/C20H21N3O2S/c21-10-11-22-12-13-23-26(24,25)18-9-7-16-5-4-14-2-1-3-15-6-8-17(18)20(16)19(14)15/h1-9,22-23H,10-13,21H2. The van der Waals surface area contributed by atoms with Crippen LogP contribution >= 0.6 is 0 Å². The monoisotopic (exact) mass is 367 g/mol. The van der Waals surface area contributed by atoms with E-state index in [0.717, 1.165) is 32.3 Å². The van der Waals surface area contributed by atoms with E-state index in [1.165, 1.54) is 0 Å². The Labute approximate surface area is 152 Å². The molecule has 0 heterocycles. The zero-order chi connectivity index (χ0) is 18.1. The normalized spacial score (nSPS) is 12.5. The molecule has 26 heavy (non-hydrogen) atoms. The molecule has 0 aromatic heterocycles. The minimum atomic E-state index is -3.59. The second kappa shape index (κ2) is 6.81. The van der Waals surface area contributed by atoms with Gasteiger partial charge in [-0.3, -0.25) is 0 Å². The lowest BCUT2D eigenvalue weighted by molar-refractivity contribution is 0.577. The third-order valence-electron chi connectivity index (χ3n) is 4.69. The molecule has 0 atom stereocenters. The van der Waals surface area contributed by atoms with Gasteiger partial charge >= 0.3 is 0 Å². The third-order valence-corrected chi connectivity index (χ3v) is 6.21. The van der Waals surface area contributed by atoms with Gasteiger partial charge in [-0.25, -0.2) is 13.1 Å². The molecule has 5 nitrogen and oxygen atoms in total. The summed E-state index contributed by atoms with van der Waals surface area (Å²) in [7, 11) is -3.59. The van der Waals surface area contributed by atoms with Crippen LogP contribution in [0.1, 0.15) is 0 Å². The SMILES string of the molecule is NCCNCCNS(=O)(=O)c1ccc2ccc3cccc4ccc1c2c34. The first-order chi connectivity index (χ1) is 12.6. The second-order valence-electron chi connectivity index (χ2n) is 6.36. The lowest BCUT2D eigenvalue weighted by Gasteiger charge is -2.14. The first-order valence-corrected chi connectivity index (χ1v) is 10.2. The van der Waals surface area contributed by atoms with Crippen LogP contribution in [-0.2, 0) is 10.0 Å². The maximum Gasteiger partial charge on any atom is 0.241 e. The molecule has 0 aliphatic rings. The minimum Gasteiger partial charge on any atom is -0.329 e. The summed E-state index contributed by atoms with van der Waals surface area (Å²) in [4.78, 5) is 0.321. The molecule has 0 aliphatic carbocycles. The Balaban J connectivity index is 1.80. The van der Waals surface area contributed by atoms with E-state index in [1.807, 2.05) is 30.3 Å². The number of benzene rings is 4. The van der Waals surface area contributed by atoms with Crippen molar-refractivity contribution in [3.8, 4) is 0 Å². The Morgan fingerprint density at radius 2 is 1.42 bits per heavy atom. The Morgan fingerprint density at radius 1 is 0.769 bits per heavy atom. The molecule has 0 saturated heterocycles. The van der Waals surface area contributed by atoms with Crippen molar-refractivity contribution in [2.24, 2.45) is 5.73 Å². The Hall–Kier alpha value is -2.25. The highest BCUT2D eigenvalue weighted by atomic mass is 32.2. The Kier molecular flexibility index (Phi) is 4.50. The van der Waals surface area contributed by atoms with Crippen molar-refractivity contribution in [3.63, 3.8) is 0 Å². The van der Waals surface area contributed by atoms with Gasteiger partial charge < -0.3 is 11.1 Å². The predicted molar refractivity (Wildman–Crippen MR) is 107 cm³/mol. The van der Waals surface area contributed by atoms with Gasteiger partial charge in [-0.05, 0) is 33.0 Å². The van der Waals surface area contributed by atoms with Gasteiger partial charge in [0.25, 0.3) is 0 Å². The van der Waals surface area contributed by atoms with Crippen LogP contribution in [0.4, 0.5) is 0 Å². The van der Waals surface area contributed by atoms with Gasteiger partial charge in [-0.2, -0.15) is 0 Å². The van der Waals surface area contributed by atoms with E-state index in [1.54, 1.807) is 6.07 Å². The van der Waals surface area contributed by atoms with E-state index in [9.17, 15) is 8.42 Å². The predicted octanol–water partition coefficient (Wildman–Crippen LogP) is 2.41. The van der Waals surface area contributed by atoms with E-state index in [-0.39, 0.29) is 0 Å². The smallest absolute Gasteiger partial charge is 0.241 e. The molecule has 4 N–H and O–H groups in total. The van der Waals surface area contributed by atoms with Crippen molar-refractivity contribution >= 4 is 42.3 Å². The van der Waals surface area contributed by atoms with Crippen LogP contribution in [-0.4, -0.2) is 34.6 Å². The molecule has 4 rings (SSSR count). The summed E-state index contributed by atoms with van der Waals surface area (Å²) in [6, 6.07) is 17.7. The highest BCUT2D eigenvalue weighted by molar-refractivity contribution is 7.89. The number of hydrogen-bond acceptors (Lipinski definition) is 4. The number of nitrogens with one attached hydrogen (secondary N) is 2. The van der Waals surface area contributed by atoms with Crippen LogP contribution < -0.4 is 15.8 Å². The Morgan fingerprint density at radius 3 is 2.15 bits per heavy atom. The van der Waals surface area contributed by atoms with Gasteiger partial charge in [0, 0.05) is 31.6 Å². The van der Waals surface area contributed by atoms with E-state index in [4.69, 9.17) is 5.73 Å². The maximum atomic E-state index is 12.8. The van der Waals surface area contributed by atoms with Crippen LogP contribution in [0.15, 0.2) is 59.5 Å². The largest absolute Gasteiger partial charge is 0.329 e. The van der Waals surface area contributed by atoms with Gasteiger partial charge in [-0.1, -0.05) is 48.5 Å². The quantitative estimate of drug-likeness (QED) is 0.346. The van der Waals surface area contributed by atoms with Crippen molar-refractivity contribution in [2.75, 3.05) is 26.2 Å². The van der Waals surface area contributed by atoms with Crippen LogP contribution in [0.5, 0.6) is 0 Å². The van der Waals surface area contributed by atoms with Crippen LogP contribution in [0.25, 0.3) is 32.3 Å². The first-order valence-electron chi connectivity index (χ1n) is 8.69. The summed E-state index contributed by atoms with van der Waals surface area (Å²) in [5.41, 5.74) is 5.42. The molecular weight excluding hydrogens is 346 g/mol. The van der Waals surface area contributed by atoms with Gasteiger partial charge in [-0.15, -0.1) is 0 Å². The van der Waals surface area contributed by atoms with Gasteiger partial charge in [0.05, 0.1) is 4.90 Å². The molecule has 0 radical (unpaired) electrons. The molecule has 0 bridgehead atoms. The molecule has 4 aromatic carbocycles. The lowest BCUT2D eigenvalue weighted by Crippen LogP contribution is -2.33. The number of hydrogen-bond donors (Lipinski definition) is 3. The molecule has 6 heteroatoms. The fraction of sp³-hybridized carbons (Fsp3) is 0.200. The van der Waals surface area contributed by atoms with Crippen molar-refractivity contribution in [2.45, 2.75) is 4.90 Å². The van der Waals surface area contributed by atoms with E-state index >= 15 is 0 Å². The van der Waals surface area contributed by atoms with Crippen molar-refractivity contribution < 1.29 is 8.42 Å². The van der Waals surface area contributed by atoms with Gasteiger partial charge in [0.1, 0.15) is 0 Å². The summed E-state index contributed by atoms with van der Waals surface area (Å²) in [5.74, 6) is 0.